The van der Waals surface area contributed by atoms with E-state index in [2.05, 4.69) is 22.0 Å². The molecule has 0 bridgehead atoms. The number of nitrogens with zero attached hydrogens (tertiary/aromatic N) is 2. The second-order valence-corrected chi connectivity index (χ2v) is 5.12. The van der Waals surface area contributed by atoms with Gasteiger partial charge in [-0.05, 0) is 42.0 Å². The molecule has 0 saturated carbocycles. The van der Waals surface area contributed by atoms with Crippen molar-refractivity contribution in [3.05, 3.63) is 58.6 Å². The Kier molecular flexibility index (Phi) is 4.47. The summed E-state index contributed by atoms with van der Waals surface area (Å²) in [6.07, 6.45) is 0. The van der Waals surface area contributed by atoms with Crippen LogP contribution < -0.4 is 4.90 Å². The van der Waals surface area contributed by atoms with Crippen molar-refractivity contribution in [1.82, 2.24) is 0 Å². The van der Waals surface area contributed by atoms with Crippen LogP contribution in [0.1, 0.15) is 11.1 Å². The van der Waals surface area contributed by atoms with Crippen LogP contribution in [0.4, 0.5) is 11.4 Å². The molecule has 0 atom stereocenters. The van der Waals surface area contributed by atoms with Gasteiger partial charge in [-0.1, -0.05) is 33.6 Å². The molecule has 0 spiro atoms. The molecule has 19 heavy (non-hydrogen) atoms. The highest BCUT2D eigenvalue weighted by Gasteiger charge is 2.09. The van der Waals surface area contributed by atoms with Gasteiger partial charge in [0.05, 0.1) is 11.6 Å². The van der Waals surface area contributed by atoms with Crippen molar-refractivity contribution in [3.63, 3.8) is 0 Å². The van der Waals surface area contributed by atoms with Crippen LogP contribution in [0.3, 0.4) is 0 Å². The molecule has 0 radical (unpaired) electrons. The number of rotatable bonds is 3. The maximum absolute atomic E-state index is 8.96. The quantitative estimate of drug-likeness (QED) is 0.748. The molecule has 0 heterocycles. The van der Waals surface area contributed by atoms with Gasteiger partial charge in [-0.3, -0.25) is 0 Å². The van der Waals surface area contributed by atoms with E-state index >= 15 is 0 Å². The van der Waals surface area contributed by atoms with Crippen molar-refractivity contribution < 1.29 is 0 Å². The van der Waals surface area contributed by atoms with E-state index in [-0.39, 0.29) is 0 Å². The standard InChI is InChI=1S/C15H12BrClN2/c1-19(14-4-2-3-11(7-14)10-18)15-6-5-13(17)8-12(15)9-16/h2-8H,9H2,1H3. The first-order valence-corrected chi connectivity index (χ1v) is 7.24. The number of halogens is 2. The molecule has 0 aliphatic rings. The molecule has 0 aliphatic carbocycles. The van der Waals surface area contributed by atoms with Gasteiger partial charge >= 0.3 is 0 Å². The zero-order valence-electron chi connectivity index (χ0n) is 10.4. The van der Waals surface area contributed by atoms with Crippen molar-refractivity contribution >= 4 is 38.9 Å². The van der Waals surface area contributed by atoms with Gasteiger partial charge in [0.15, 0.2) is 0 Å². The molecule has 2 rings (SSSR count). The highest BCUT2D eigenvalue weighted by molar-refractivity contribution is 9.08. The summed E-state index contributed by atoms with van der Waals surface area (Å²) in [4.78, 5) is 2.05. The zero-order chi connectivity index (χ0) is 13.8. The Morgan fingerprint density at radius 1 is 1.26 bits per heavy atom. The Hall–Kier alpha value is -1.50. The predicted octanol–water partition coefficient (Wildman–Crippen LogP) is 4.87. The van der Waals surface area contributed by atoms with Gasteiger partial charge in [0.25, 0.3) is 0 Å². The summed E-state index contributed by atoms with van der Waals surface area (Å²) in [5, 5.41) is 10.4. The molecule has 4 heteroatoms. The fourth-order valence-corrected chi connectivity index (χ4v) is 2.56. The lowest BCUT2D eigenvalue weighted by Gasteiger charge is -2.22. The molecule has 0 unspecified atom stereocenters. The fourth-order valence-electron chi connectivity index (χ4n) is 1.91. The number of alkyl halides is 1. The largest absolute Gasteiger partial charge is 0.344 e. The van der Waals surface area contributed by atoms with Crippen LogP contribution in [0.25, 0.3) is 0 Å². The monoisotopic (exact) mass is 334 g/mol. The average Bonchev–Trinajstić information content (AvgIpc) is 2.46. The highest BCUT2D eigenvalue weighted by atomic mass is 79.9. The normalized spacial score (nSPS) is 10.0. The van der Waals surface area contributed by atoms with E-state index in [1.165, 1.54) is 0 Å². The zero-order valence-corrected chi connectivity index (χ0v) is 12.7. The lowest BCUT2D eigenvalue weighted by molar-refractivity contribution is 1.18. The third-order valence-electron chi connectivity index (χ3n) is 2.91. The second kappa shape index (κ2) is 6.10. The first kappa shape index (κ1) is 13.9. The predicted molar refractivity (Wildman–Crippen MR) is 83.3 cm³/mol. The number of anilines is 2. The van der Waals surface area contributed by atoms with E-state index in [4.69, 9.17) is 16.9 Å². The molecule has 0 N–H and O–H groups in total. The van der Waals surface area contributed by atoms with Gasteiger partial charge in [-0.15, -0.1) is 0 Å². The van der Waals surface area contributed by atoms with Gasteiger partial charge < -0.3 is 4.90 Å². The summed E-state index contributed by atoms with van der Waals surface area (Å²) >= 11 is 9.49. The van der Waals surface area contributed by atoms with Crippen LogP contribution in [0.5, 0.6) is 0 Å². The maximum atomic E-state index is 8.96. The van der Waals surface area contributed by atoms with Gasteiger partial charge in [0.1, 0.15) is 0 Å². The molecule has 0 aromatic heterocycles. The lowest BCUT2D eigenvalue weighted by Crippen LogP contribution is -2.11. The molecule has 2 nitrogen and oxygen atoms in total. The topological polar surface area (TPSA) is 27.0 Å². The van der Waals surface area contributed by atoms with Crippen LogP contribution in [0.2, 0.25) is 5.02 Å². The smallest absolute Gasteiger partial charge is 0.0992 e. The van der Waals surface area contributed by atoms with Crippen molar-refractivity contribution in [1.29, 1.82) is 5.26 Å². The number of nitriles is 1. The van der Waals surface area contributed by atoms with E-state index < -0.39 is 0 Å². The van der Waals surface area contributed by atoms with Crippen molar-refractivity contribution in [2.24, 2.45) is 0 Å². The van der Waals surface area contributed by atoms with Gasteiger partial charge in [-0.2, -0.15) is 5.26 Å². The van der Waals surface area contributed by atoms with Crippen molar-refractivity contribution in [2.75, 3.05) is 11.9 Å². The molecular weight excluding hydrogens is 324 g/mol. The summed E-state index contributed by atoms with van der Waals surface area (Å²) in [6.45, 7) is 0. The summed E-state index contributed by atoms with van der Waals surface area (Å²) in [5.74, 6) is 0. The molecule has 0 saturated heterocycles. The summed E-state index contributed by atoms with van der Waals surface area (Å²) in [6, 6.07) is 15.5. The highest BCUT2D eigenvalue weighted by Crippen LogP contribution is 2.30. The van der Waals surface area contributed by atoms with Crippen molar-refractivity contribution in [3.8, 4) is 6.07 Å². The Morgan fingerprint density at radius 3 is 2.74 bits per heavy atom. The van der Waals surface area contributed by atoms with Gasteiger partial charge in [-0.25, -0.2) is 0 Å². The molecule has 0 aliphatic heterocycles. The van der Waals surface area contributed by atoms with Crippen molar-refractivity contribution in [2.45, 2.75) is 5.33 Å². The van der Waals surface area contributed by atoms with E-state index in [1.807, 2.05) is 48.3 Å². The SMILES string of the molecule is CN(c1cccc(C#N)c1)c1ccc(Cl)cc1CBr. The fraction of sp³-hybridized carbons (Fsp3) is 0.133. The Bertz CT molecular complexity index is 634. The third kappa shape index (κ3) is 3.09. The first-order chi connectivity index (χ1) is 9.15. The van der Waals surface area contributed by atoms with Crippen LogP contribution >= 0.6 is 27.5 Å². The molecule has 2 aromatic carbocycles. The minimum atomic E-state index is 0.652. The first-order valence-electron chi connectivity index (χ1n) is 5.74. The second-order valence-electron chi connectivity index (χ2n) is 4.13. The van der Waals surface area contributed by atoms with E-state index in [0.717, 1.165) is 27.3 Å². The lowest BCUT2D eigenvalue weighted by atomic mass is 10.1. The Morgan fingerprint density at radius 2 is 2.05 bits per heavy atom. The van der Waals surface area contributed by atoms with E-state index in [1.54, 1.807) is 6.07 Å². The van der Waals surface area contributed by atoms with Gasteiger partial charge in [0.2, 0.25) is 0 Å². The summed E-state index contributed by atoms with van der Waals surface area (Å²) in [5.41, 5.74) is 3.80. The number of hydrogen-bond donors (Lipinski definition) is 0. The summed E-state index contributed by atoms with van der Waals surface area (Å²) < 4.78 is 0. The van der Waals surface area contributed by atoms with Crippen LogP contribution in [0.15, 0.2) is 42.5 Å². The van der Waals surface area contributed by atoms with Crippen LogP contribution in [-0.4, -0.2) is 7.05 Å². The molecule has 2 aromatic rings. The Balaban J connectivity index is 2.43. The van der Waals surface area contributed by atoms with E-state index in [9.17, 15) is 0 Å². The minimum absolute atomic E-state index is 0.652. The van der Waals surface area contributed by atoms with Crippen LogP contribution in [-0.2, 0) is 5.33 Å². The molecular formula is C15H12BrClN2. The average molecular weight is 336 g/mol. The minimum Gasteiger partial charge on any atom is -0.344 e. The van der Waals surface area contributed by atoms with Crippen LogP contribution in [0, 0.1) is 11.3 Å². The molecule has 0 amide bonds. The Labute approximate surface area is 126 Å². The number of hydrogen-bond acceptors (Lipinski definition) is 2. The maximum Gasteiger partial charge on any atom is 0.0992 e. The molecule has 0 fully saturated rings. The summed E-state index contributed by atoms with van der Waals surface area (Å²) in [7, 11) is 1.98. The third-order valence-corrected chi connectivity index (χ3v) is 3.75. The van der Waals surface area contributed by atoms with E-state index in [0.29, 0.717) is 5.56 Å². The molecule has 96 valence electrons. The number of benzene rings is 2. The van der Waals surface area contributed by atoms with Gasteiger partial charge in [0, 0.05) is 28.8 Å².